The van der Waals surface area contributed by atoms with E-state index in [4.69, 9.17) is 14.5 Å². The summed E-state index contributed by atoms with van der Waals surface area (Å²) in [4.78, 5) is 28.4. The van der Waals surface area contributed by atoms with Gasteiger partial charge in [-0.15, -0.1) is 0 Å². The first-order chi connectivity index (χ1) is 21.7. The van der Waals surface area contributed by atoms with Gasteiger partial charge in [0.05, 0.1) is 18.5 Å². The Morgan fingerprint density at radius 3 is 2.53 bits per heavy atom. The Morgan fingerprint density at radius 1 is 1.02 bits per heavy atom. The molecule has 0 bridgehead atoms. The van der Waals surface area contributed by atoms with Crippen LogP contribution in [0.2, 0.25) is 0 Å². The van der Waals surface area contributed by atoms with Crippen LogP contribution in [0, 0.1) is 5.92 Å². The fourth-order valence-corrected chi connectivity index (χ4v) is 6.45. The van der Waals surface area contributed by atoms with Crippen LogP contribution in [0.15, 0.2) is 60.9 Å². The van der Waals surface area contributed by atoms with Gasteiger partial charge in [-0.3, -0.25) is 4.90 Å². The van der Waals surface area contributed by atoms with Crippen molar-refractivity contribution in [3.05, 3.63) is 60.9 Å². The molecule has 2 aromatic carbocycles. The van der Waals surface area contributed by atoms with Crippen molar-refractivity contribution in [3.8, 4) is 17.0 Å². The summed E-state index contributed by atoms with van der Waals surface area (Å²) in [7, 11) is 1.70. The highest BCUT2D eigenvalue weighted by atomic mass is 16.6. The SMILES string of the molecule is COc1cc(N2CCN(CC3CN(C(=O)OC(C)(C)C)C3)CC2)ccc1Nc1nccc(-c2cn(C3CC3)c3ccccc23)n1. The van der Waals surface area contributed by atoms with E-state index >= 15 is 0 Å². The lowest BCUT2D eigenvalue weighted by Gasteiger charge is -2.44. The van der Waals surface area contributed by atoms with Crippen molar-refractivity contribution in [2.45, 2.75) is 45.3 Å². The predicted molar refractivity (Wildman–Crippen MR) is 177 cm³/mol. The third kappa shape index (κ3) is 6.42. The standard InChI is InChI=1S/C35H43N7O3/c1-35(2,3)45-34(43)41-21-24(22-41)20-39-15-17-40(18-16-39)26-11-12-30(32(19-26)44-4)38-33-36-14-13-29(37-33)28-23-42(25-9-10-25)31-8-6-5-7-27(28)31/h5-8,11-14,19,23-25H,9-10,15-18,20-22H2,1-4H3,(H,36,37,38). The van der Waals surface area contributed by atoms with Gasteiger partial charge in [0, 0.05) is 98.4 Å². The fourth-order valence-electron chi connectivity index (χ4n) is 6.45. The zero-order chi connectivity index (χ0) is 31.1. The van der Waals surface area contributed by atoms with E-state index in [2.05, 4.69) is 73.3 Å². The Bertz CT molecular complexity index is 1680. The Labute approximate surface area is 264 Å². The fraction of sp³-hybridized carbons (Fsp3) is 0.457. The van der Waals surface area contributed by atoms with Crippen molar-refractivity contribution in [2.75, 3.05) is 63.1 Å². The van der Waals surface area contributed by atoms with Crippen molar-refractivity contribution in [1.82, 2.24) is 24.3 Å². The number of para-hydroxylation sites is 1. The molecular weight excluding hydrogens is 566 g/mol. The zero-order valence-electron chi connectivity index (χ0n) is 26.7. The molecule has 0 radical (unpaired) electrons. The third-order valence-corrected chi connectivity index (χ3v) is 8.91. The lowest BCUT2D eigenvalue weighted by atomic mass is 10.00. The van der Waals surface area contributed by atoms with Crippen LogP contribution < -0.4 is 15.0 Å². The number of benzene rings is 2. The number of rotatable bonds is 8. The first-order valence-electron chi connectivity index (χ1n) is 16.1. The second-order valence-electron chi connectivity index (χ2n) is 13.5. The average molecular weight is 610 g/mol. The zero-order valence-corrected chi connectivity index (χ0v) is 26.7. The van der Waals surface area contributed by atoms with Gasteiger partial charge in [-0.05, 0) is 57.9 Å². The molecule has 4 aromatic rings. The molecular formula is C35H43N7O3. The van der Waals surface area contributed by atoms with E-state index in [1.54, 1.807) is 7.11 Å². The maximum absolute atomic E-state index is 12.3. The van der Waals surface area contributed by atoms with Gasteiger partial charge in [0.1, 0.15) is 11.4 Å². The van der Waals surface area contributed by atoms with Gasteiger partial charge in [-0.25, -0.2) is 14.8 Å². The van der Waals surface area contributed by atoms with E-state index in [0.29, 0.717) is 17.9 Å². The molecule has 1 N–H and O–H groups in total. The highest BCUT2D eigenvalue weighted by Crippen LogP contribution is 2.41. The molecule has 1 aliphatic carbocycles. The highest BCUT2D eigenvalue weighted by Gasteiger charge is 2.35. The normalized spacial score (nSPS) is 17.8. The first kappa shape index (κ1) is 29.4. The molecule has 0 spiro atoms. The number of carbonyl (C=O) groups is 1. The van der Waals surface area contributed by atoms with Gasteiger partial charge in [-0.2, -0.15) is 0 Å². The summed E-state index contributed by atoms with van der Waals surface area (Å²) < 4.78 is 13.7. The number of hydrogen-bond donors (Lipinski definition) is 1. The van der Waals surface area contributed by atoms with E-state index in [1.165, 1.54) is 23.7 Å². The van der Waals surface area contributed by atoms with Crippen LogP contribution >= 0.6 is 0 Å². The number of nitrogens with one attached hydrogen (secondary N) is 1. The molecule has 10 heteroatoms. The van der Waals surface area contributed by atoms with Crippen LogP contribution in [0.4, 0.5) is 22.1 Å². The minimum absolute atomic E-state index is 0.202. The number of methoxy groups -OCH3 is 1. The molecule has 45 heavy (non-hydrogen) atoms. The van der Waals surface area contributed by atoms with Crippen LogP contribution in [0.5, 0.6) is 5.75 Å². The van der Waals surface area contributed by atoms with Gasteiger partial charge in [0.25, 0.3) is 0 Å². The Balaban J connectivity index is 0.968. The molecule has 10 nitrogen and oxygen atoms in total. The maximum Gasteiger partial charge on any atom is 0.410 e. The molecule has 1 saturated carbocycles. The van der Waals surface area contributed by atoms with Crippen molar-refractivity contribution >= 4 is 34.3 Å². The molecule has 0 unspecified atom stereocenters. The quantitative estimate of drug-likeness (QED) is 0.254. The van der Waals surface area contributed by atoms with Crippen LogP contribution in [-0.2, 0) is 4.74 Å². The number of piperazine rings is 1. The summed E-state index contributed by atoms with van der Waals surface area (Å²) >= 11 is 0. The predicted octanol–water partition coefficient (Wildman–Crippen LogP) is 6.17. The number of fused-ring (bicyclic) bond motifs is 1. The molecule has 2 aliphatic heterocycles. The van der Waals surface area contributed by atoms with E-state index in [1.807, 2.05) is 37.9 Å². The van der Waals surface area contributed by atoms with Crippen LogP contribution in [0.1, 0.15) is 39.7 Å². The summed E-state index contributed by atoms with van der Waals surface area (Å²) in [5, 5.41) is 4.62. The second-order valence-corrected chi connectivity index (χ2v) is 13.5. The number of carbonyl (C=O) groups excluding carboxylic acids is 1. The van der Waals surface area contributed by atoms with Crippen LogP contribution in [0.25, 0.3) is 22.2 Å². The summed E-state index contributed by atoms with van der Waals surface area (Å²) in [6.45, 7) is 12.1. The van der Waals surface area contributed by atoms with Gasteiger partial charge < -0.3 is 29.2 Å². The summed E-state index contributed by atoms with van der Waals surface area (Å²) in [5.74, 6) is 1.80. The lowest BCUT2D eigenvalue weighted by Crippen LogP contribution is -2.57. The Kier molecular flexibility index (Phi) is 7.77. The number of aromatic nitrogens is 3. The molecule has 1 amide bonds. The van der Waals surface area contributed by atoms with E-state index in [9.17, 15) is 4.79 Å². The maximum atomic E-state index is 12.3. The molecule has 4 heterocycles. The molecule has 2 saturated heterocycles. The largest absolute Gasteiger partial charge is 0.494 e. The molecule has 3 aliphatic rings. The smallest absolute Gasteiger partial charge is 0.410 e. The average Bonchev–Trinajstić information content (AvgIpc) is 3.78. The van der Waals surface area contributed by atoms with Crippen molar-refractivity contribution in [2.24, 2.45) is 5.92 Å². The van der Waals surface area contributed by atoms with E-state index in [0.717, 1.165) is 74.2 Å². The van der Waals surface area contributed by atoms with Gasteiger partial charge in [0.15, 0.2) is 0 Å². The molecule has 0 atom stereocenters. The number of ether oxygens (including phenoxy) is 2. The highest BCUT2D eigenvalue weighted by molar-refractivity contribution is 5.95. The summed E-state index contributed by atoms with van der Waals surface area (Å²) in [6.07, 6.45) is 6.32. The van der Waals surface area contributed by atoms with Crippen LogP contribution in [-0.4, -0.2) is 89.0 Å². The van der Waals surface area contributed by atoms with Crippen LogP contribution in [0.3, 0.4) is 0 Å². The molecule has 236 valence electrons. The van der Waals surface area contributed by atoms with Crippen molar-refractivity contribution < 1.29 is 14.3 Å². The minimum atomic E-state index is -0.452. The first-order valence-corrected chi connectivity index (χ1v) is 16.1. The monoisotopic (exact) mass is 609 g/mol. The number of amides is 1. The van der Waals surface area contributed by atoms with Crippen molar-refractivity contribution in [1.29, 1.82) is 0 Å². The number of nitrogens with zero attached hydrogens (tertiary/aromatic N) is 6. The lowest BCUT2D eigenvalue weighted by molar-refractivity contribution is -0.00657. The Morgan fingerprint density at radius 2 is 1.80 bits per heavy atom. The molecule has 3 fully saturated rings. The number of anilines is 3. The Hall–Kier alpha value is -4.31. The topological polar surface area (TPSA) is 88.0 Å². The molecule has 2 aromatic heterocycles. The minimum Gasteiger partial charge on any atom is -0.494 e. The molecule has 7 rings (SSSR count). The second kappa shape index (κ2) is 11.9. The number of hydrogen-bond acceptors (Lipinski definition) is 8. The van der Waals surface area contributed by atoms with Crippen molar-refractivity contribution in [3.63, 3.8) is 0 Å². The number of likely N-dealkylation sites (tertiary alicyclic amines) is 1. The van der Waals surface area contributed by atoms with Gasteiger partial charge in [-0.1, -0.05) is 18.2 Å². The van der Waals surface area contributed by atoms with E-state index < -0.39 is 5.60 Å². The summed E-state index contributed by atoms with van der Waals surface area (Å²) in [5.41, 5.74) is 4.80. The summed E-state index contributed by atoms with van der Waals surface area (Å²) in [6, 6.07) is 17.4. The third-order valence-electron chi connectivity index (χ3n) is 8.91. The van der Waals surface area contributed by atoms with E-state index in [-0.39, 0.29) is 6.09 Å². The van der Waals surface area contributed by atoms with Gasteiger partial charge >= 0.3 is 6.09 Å². The van der Waals surface area contributed by atoms with Gasteiger partial charge in [0.2, 0.25) is 5.95 Å².